The van der Waals surface area contributed by atoms with Crippen LogP contribution >= 0.6 is 63.7 Å². The van der Waals surface area contributed by atoms with Crippen LogP contribution in [0.3, 0.4) is 0 Å². The molecule has 0 saturated carbocycles. The number of nitro groups is 1. The van der Waals surface area contributed by atoms with Crippen molar-refractivity contribution in [2.24, 2.45) is 0 Å². The maximum Gasteiger partial charge on any atom is 0.271 e. The first-order valence-corrected chi connectivity index (χ1v) is 9.11. The van der Waals surface area contributed by atoms with Crippen molar-refractivity contribution in [2.75, 3.05) is 5.73 Å². The van der Waals surface area contributed by atoms with E-state index in [0.717, 1.165) is 29.1 Å². The molecule has 0 aliphatic heterocycles. The average Bonchev–Trinajstić information content (AvgIpc) is 2.42. The molecular weight excluding hydrogens is 548 g/mol. The lowest BCUT2D eigenvalue weighted by Crippen LogP contribution is -1.89. The summed E-state index contributed by atoms with van der Waals surface area (Å²) in [7, 11) is 0. The molecule has 118 valence electrons. The number of benzene rings is 2. The van der Waals surface area contributed by atoms with Gasteiger partial charge in [-0.1, -0.05) is 63.7 Å². The number of nitro benzene ring substituents is 1. The van der Waals surface area contributed by atoms with Crippen LogP contribution in [0.1, 0.15) is 11.1 Å². The maximum absolute atomic E-state index is 10.4. The minimum Gasteiger partial charge on any atom is -0.399 e. The molecule has 4 nitrogen and oxygen atoms in total. The lowest BCUT2D eigenvalue weighted by molar-refractivity contribution is -0.385. The topological polar surface area (TPSA) is 69.2 Å². The van der Waals surface area contributed by atoms with Crippen LogP contribution < -0.4 is 5.73 Å². The summed E-state index contributed by atoms with van der Waals surface area (Å²) in [5.41, 5.74) is 8.55. The molecule has 0 saturated heterocycles. The third kappa shape index (κ3) is 5.33. The van der Waals surface area contributed by atoms with Gasteiger partial charge >= 0.3 is 0 Å². The molecule has 0 bridgehead atoms. The van der Waals surface area contributed by atoms with Gasteiger partial charge in [-0.15, -0.1) is 0 Å². The van der Waals surface area contributed by atoms with Crippen molar-refractivity contribution in [1.29, 1.82) is 0 Å². The van der Waals surface area contributed by atoms with Crippen molar-refractivity contribution < 1.29 is 4.92 Å². The second-order valence-electron chi connectivity index (χ2n) is 4.40. The average molecular weight is 560 g/mol. The lowest BCUT2D eigenvalue weighted by atomic mass is 10.2. The van der Waals surface area contributed by atoms with Crippen LogP contribution in [-0.4, -0.2) is 4.92 Å². The van der Waals surface area contributed by atoms with Gasteiger partial charge in [0.15, 0.2) is 0 Å². The van der Waals surface area contributed by atoms with Gasteiger partial charge < -0.3 is 5.73 Å². The quantitative estimate of drug-likeness (QED) is 0.245. The number of nitrogen functional groups attached to an aromatic ring is 1. The molecule has 0 amide bonds. The number of hydrogen-bond donors (Lipinski definition) is 1. The molecule has 22 heavy (non-hydrogen) atoms. The Morgan fingerprint density at radius 3 is 1.50 bits per heavy atom. The van der Waals surface area contributed by atoms with Crippen molar-refractivity contribution in [3.05, 3.63) is 63.4 Å². The summed E-state index contributed by atoms with van der Waals surface area (Å²) in [4.78, 5) is 9.96. The van der Waals surface area contributed by atoms with Gasteiger partial charge in [-0.25, -0.2) is 0 Å². The molecule has 2 aromatic carbocycles. The molecule has 0 heterocycles. The lowest BCUT2D eigenvalue weighted by Gasteiger charge is -2.01. The smallest absolute Gasteiger partial charge is 0.271 e. The predicted octanol–water partition coefficient (Wildman–Crippen LogP) is 6.53. The van der Waals surface area contributed by atoms with Crippen LogP contribution in [-0.2, 0) is 0 Å². The van der Waals surface area contributed by atoms with Gasteiger partial charge in [-0.2, -0.15) is 0 Å². The summed E-state index contributed by atoms with van der Waals surface area (Å²) in [6.07, 6.45) is 0. The monoisotopic (exact) mass is 556 g/mol. The van der Waals surface area contributed by atoms with Crippen LogP contribution in [0.4, 0.5) is 11.4 Å². The molecule has 0 fully saturated rings. The van der Waals surface area contributed by atoms with Crippen molar-refractivity contribution >= 4 is 75.1 Å². The van der Waals surface area contributed by atoms with Crippen LogP contribution in [0.25, 0.3) is 0 Å². The van der Waals surface area contributed by atoms with Crippen LogP contribution in [0.2, 0.25) is 0 Å². The maximum atomic E-state index is 10.4. The van der Waals surface area contributed by atoms with Crippen LogP contribution in [0.15, 0.2) is 42.2 Å². The number of halogens is 4. The standard InChI is InChI=1S/C7H5Br2NO2.C7H7Br2N/c1-4-6(8)2-5(10(11)12)3-7(4)9;1-4-6(8)2-5(10)3-7(4)9/h2-3H,1H3;2-3H,10H2,1H3. The SMILES string of the molecule is Cc1c(Br)cc(N)cc1Br.Cc1c(Br)cc([N+](=O)[O-])cc1Br. The number of hydrogen-bond acceptors (Lipinski definition) is 3. The Bertz CT molecular complexity index is 674. The van der Waals surface area contributed by atoms with E-state index in [1.807, 2.05) is 26.0 Å². The number of rotatable bonds is 1. The minimum absolute atomic E-state index is 0.0827. The molecule has 0 atom stereocenters. The summed E-state index contributed by atoms with van der Waals surface area (Å²) in [6, 6.07) is 6.75. The fourth-order valence-electron chi connectivity index (χ4n) is 1.40. The third-order valence-corrected chi connectivity index (χ3v) is 6.07. The van der Waals surface area contributed by atoms with Crippen LogP contribution in [0, 0.1) is 24.0 Å². The molecule has 0 spiro atoms. The second-order valence-corrected chi connectivity index (χ2v) is 7.82. The fraction of sp³-hybridized carbons (Fsp3) is 0.143. The minimum atomic E-state index is -0.422. The molecule has 0 radical (unpaired) electrons. The Hall–Kier alpha value is -0.440. The first-order chi connectivity index (χ1) is 10.1. The molecule has 2 aromatic rings. The zero-order valence-corrected chi connectivity index (χ0v) is 18.0. The van der Waals surface area contributed by atoms with Crippen molar-refractivity contribution in [3.63, 3.8) is 0 Å². The highest BCUT2D eigenvalue weighted by molar-refractivity contribution is 9.11. The Morgan fingerprint density at radius 1 is 0.864 bits per heavy atom. The van der Waals surface area contributed by atoms with E-state index in [0.29, 0.717) is 0 Å². The zero-order chi connectivity index (χ0) is 17.0. The van der Waals surface area contributed by atoms with Gasteiger partial charge in [0.2, 0.25) is 0 Å². The molecule has 0 aliphatic rings. The number of anilines is 1. The zero-order valence-electron chi connectivity index (χ0n) is 11.7. The van der Waals surface area contributed by atoms with Crippen molar-refractivity contribution in [2.45, 2.75) is 13.8 Å². The van der Waals surface area contributed by atoms with Gasteiger partial charge in [0.1, 0.15) is 0 Å². The highest BCUT2D eigenvalue weighted by Gasteiger charge is 2.10. The molecule has 0 unspecified atom stereocenters. The Kier molecular flexibility index (Phi) is 7.51. The molecular formula is C14H12Br4N2O2. The highest BCUT2D eigenvalue weighted by Crippen LogP contribution is 2.29. The number of non-ortho nitro benzene ring substituents is 1. The van der Waals surface area contributed by atoms with E-state index in [1.165, 1.54) is 17.7 Å². The summed E-state index contributed by atoms with van der Waals surface area (Å²) in [5.74, 6) is 0. The number of nitrogens with two attached hydrogens (primary N) is 1. The van der Waals surface area contributed by atoms with Gasteiger partial charge in [-0.3, -0.25) is 10.1 Å². The normalized spacial score (nSPS) is 9.91. The van der Waals surface area contributed by atoms with E-state index in [1.54, 1.807) is 0 Å². The molecule has 8 heteroatoms. The van der Waals surface area contributed by atoms with Gasteiger partial charge in [0.25, 0.3) is 5.69 Å². The van der Waals surface area contributed by atoms with E-state index in [9.17, 15) is 10.1 Å². The van der Waals surface area contributed by atoms with Gasteiger partial charge in [0.05, 0.1) is 4.92 Å². The summed E-state index contributed by atoms with van der Waals surface area (Å²) in [5, 5.41) is 10.4. The highest BCUT2D eigenvalue weighted by atomic mass is 79.9. The molecule has 2 rings (SSSR count). The van der Waals surface area contributed by atoms with E-state index < -0.39 is 4.92 Å². The molecule has 0 aromatic heterocycles. The predicted molar refractivity (Wildman–Crippen MR) is 104 cm³/mol. The summed E-state index contributed by atoms with van der Waals surface area (Å²) < 4.78 is 3.56. The molecule has 0 aliphatic carbocycles. The van der Waals surface area contributed by atoms with Crippen molar-refractivity contribution in [3.8, 4) is 0 Å². The van der Waals surface area contributed by atoms with E-state index in [2.05, 4.69) is 63.7 Å². The summed E-state index contributed by atoms with van der Waals surface area (Å²) in [6.45, 7) is 3.89. The second kappa shape index (κ2) is 8.42. The molecule has 2 N–H and O–H groups in total. The Balaban J connectivity index is 0.000000224. The summed E-state index contributed by atoms with van der Waals surface area (Å²) >= 11 is 13.2. The van der Waals surface area contributed by atoms with Crippen LogP contribution in [0.5, 0.6) is 0 Å². The Labute approximate surface area is 162 Å². The van der Waals surface area contributed by atoms with Crippen molar-refractivity contribution in [1.82, 2.24) is 0 Å². The first-order valence-electron chi connectivity index (χ1n) is 5.94. The first kappa shape index (κ1) is 19.6. The van der Waals surface area contributed by atoms with E-state index in [4.69, 9.17) is 5.73 Å². The Morgan fingerprint density at radius 2 is 1.18 bits per heavy atom. The number of nitrogens with zero attached hydrogens (tertiary/aromatic N) is 1. The van der Waals surface area contributed by atoms with E-state index >= 15 is 0 Å². The van der Waals surface area contributed by atoms with Gasteiger partial charge in [-0.05, 0) is 37.1 Å². The fourth-order valence-corrected chi connectivity index (χ4v) is 3.79. The third-order valence-electron chi connectivity index (χ3n) is 2.78. The van der Waals surface area contributed by atoms with E-state index in [-0.39, 0.29) is 5.69 Å². The van der Waals surface area contributed by atoms with Gasteiger partial charge in [0, 0.05) is 35.7 Å². The largest absolute Gasteiger partial charge is 0.399 e.